The third-order valence-electron chi connectivity index (χ3n) is 7.58. The Morgan fingerprint density at radius 3 is 1.72 bits per heavy atom. The largest absolute Gasteiger partial charge is 0.304 e. The average molecular weight is 677 g/mol. The minimum Gasteiger partial charge on any atom is -0.304 e. The maximum atomic E-state index is 4.66. The van der Waals surface area contributed by atoms with Crippen molar-refractivity contribution in [2.24, 2.45) is 0 Å². The van der Waals surface area contributed by atoms with Crippen LogP contribution in [0.4, 0.5) is 0 Å². The molecule has 0 atom stereocenters. The van der Waals surface area contributed by atoms with Crippen LogP contribution in [0.15, 0.2) is 134 Å². The fourth-order valence-electron chi connectivity index (χ4n) is 5.67. The Hall–Kier alpha value is -4.10. The summed E-state index contributed by atoms with van der Waals surface area (Å²) in [5.41, 5.74) is 14.7. The van der Waals surface area contributed by atoms with Gasteiger partial charge in [0.05, 0.1) is 0 Å². The summed E-state index contributed by atoms with van der Waals surface area (Å²) in [6.07, 6.45) is 1.92. The van der Waals surface area contributed by atoms with Crippen LogP contribution in [0.2, 0.25) is 0 Å². The molecule has 1 heterocycles. The zero-order valence-electron chi connectivity index (χ0n) is 21.6. The molecule has 1 aliphatic carbocycles. The number of aromatic nitrogens is 1. The van der Waals surface area contributed by atoms with Crippen molar-refractivity contribution in [1.82, 2.24) is 4.98 Å². The Balaban J connectivity index is 0.00000277. The summed E-state index contributed by atoms with van der Waals surface area (Å²) in [6, 6.07) is 49.3. The van der Waals surface area contributed by atoms with E-state index in [2.05, 4.69) is 139 Å². The molecule has 1 aliphatic rings. The minimum atomic E-state index is 0. The van der Waals surface area contributed by atoms with E-state index in [4.69, 9.17) is 0 Å². The predicted octanol–water partition coefficient (Wildman–Crippen LogP) is 9.35. The zero-order valence-corrected chi connectivity index (χ0v) is 24.0. The average Bonchev–Trinajstić information content (AvgIpc) is 3.31. The number of rotatable bonds is 4. The Morgan fingerprint density at radius 1 is 0.590 bits per heavy atom. The molecule has 0 saturated carbocycles. The van der Waals surface area contributed by atoms with Gasteiger partial charge in [0.25, 0.3) is 0 Å². The Labute approximate surface area is 243 Å². The molecule has 0 aliphatic heterocycles. The van der Waals surface area contributed by atoms with Crippen molar-refractivity contribution in [1.29, 1.82) is 0 Å². The van der Waals surface area contributed by atoms with E-state index in [1.165, 1.54) is 50.1 Å². The first-order valence-corrected chi connectivity index (χ1v) is 13.1. The number of aryl methyl sites for hydroxylation is 1. The first-order valence-electron chi connectivity index (χ1n) is 13.1. The van der Waals surface area contributed by atoms with E-state index in [0.29, 0.717) is 0 Å². The van der Waals surface area contributed by atoms with Crippen LogP contribution in [0, 0.1) is 13.0 Å². The quantitative estimate of drug-likeness (QED) is 0.169. The van der Waals surface area contributed by atoms with Gasteiger partial charge >= 0.3 is 0 Å². The second-order valence-corrected chi connectivity index (χ2v) is 10.0. The van der Waals surface area contributed by atoms with Crippen molar-refractivity contribution in [2.75, 3.05) is 0 Å². The molecule has 39 heavy (non-hydrogen) atoms. The van der Waals surface area contributed by atoms with Gasteiger partial charge in [-0.15, -0.1) is 35.4 Å². The van der Waals surface area contributed by atoms with E-state index in [0.717, 1.165) is 16.8 Å². The molecule has 6 aromatic rings. The smallest absolute Gasteiger partial charge is 0.0190 e. The molecule has 7 rings (SSSR count). The third-order valence-corrected chi connectivity index (χ3v) is 7.58. The molecule has 0 fully saturated rings. The second-order valence-electron chi connectivity index (χ2n) is 10.0. The molecule has 0 saturated heterocycles. The van der Waals surface area contributed by atoms with Gasteiger partial charge in [-0.25, -0.2) is 0 Å². The van der Waals surface area contributed by atoms with Gasteiger partial charge in [0.2, 0.25) is 0 Å². The molecule has 2 heteroatoms. The molecule has 1 aromatic heterocycles. The SMILES string of the molecule is Cc1ccc(-c2[c-]ccc(C3c4ccc(-c5ccccc5)cc4-c4cc(-c5ccccc5)ccc43)c2)nc1.[Ir]. The number of nitrogens with zero attached hydrogens (tertiary/aromatic N) is 1. The minimum absolute atomic E-state index is 0. The fraction of sp³-hybridized carbons (Fsp3) is 0.0541. The van der Waals surface area contributed by atoms with Crippen LogP contribution in [0.25, 0.3) is 44.6 Å². The summed E-state index contributed by atoms with van der Waals surface area (Å²) in [7, 11) is 0. The normalized spacial score (nSPS) is 11.9. The molecule has 5 aromatic carbocycles. The van der Waals surface area contributed by atoms with Crippen molar-refractivity contribution in [3.05, 3.63) is 162 Å². The van der Waals surface area contributed by atoms with Crippen LogP contribution in [0.3, 0.4) is 0 Å². The van der Waals surface area contributed by atoms with Gasteiger partial charge in [0.1, 0.15) is 0 Å². The van der Waals surface area contributed by atoms with Crippen molar-refractivity contribution < 1.29 is 20.1 Å². The van der Waals surface area contributed by atoms with E-state index >= 15 is 0 Å². The van der Waals surface area contributed by atoms with Gasteiger partial charge in [-0.2, -0.15) is 0 Å². The molecular formula is C37H26IrN-. The molecular weight excluding hydrogens is 651 g/mol. The van der Waals surface area contributed by atoms with Gasteiger partial charge in [0.15, 0.2) is 0 Å². The summed E-state index contributed by atoms with van der Waals surface area (Å²) in [5.74, 6) is 0.161. The molecule has 0 N–H and O–H groups in total. The Morgan fingerprint density at radius 2 is 1.18 bits per heavy atom. The third kappa shape index (κ3) is 4.67. The molecule has 1 radical (unpaired) electrons. The van der Waals surface area contributed by atoms with Crippen LogP contribution in [0.5, 0.6) is 0 Å². The Bertz CT molecular complexity index is 1670. The number of hydrogen-bond acceptors (Lipinski definition) is 1. The molecule has 0 amide bonds. The first kappa shape index (κ1) is 25.2. The van der Waals surface area contributed by atoms with Crippen molar-refractivity contribution >= 4 is 0 Å². The maximum absolute atomic E-state index is 4.66. The van der Waals surface area contributed by atoms with Crippen molar-refractivity contribution in [3.8, 4) is 44.6 Å². The first-order chi connectivity index (χ1) is 18.7. The predicted molar refractivity (Wildman–Crippen MR) is 157 cm³/mol. The second kappa shape index (κ2) is 10.6. The fourth-order valence-corrected chi connectivity index (χ4v) is 5.67. The monoisotopic (exact) mass is 677 g/mol. The van der Waals surface area contributed by atoms with Gasteiger partial charge < -0.3 is 4.98 Å². The molecule has 189 valence electrons. The zero-order chi connectivity index (χ0) is 25.5. The maximum Gasteiger partial charge on any atom is 0.0190 e. The van der Waals surface area contributed by atoms with E-state index in [1.807, 2.05) is 12.3 Å². The summed E-state index contributed by atoms with van der Waals surface area (Å²) >= 11 is 0. The topological polar surface area (TPSA) is 12.9 Å². The molecule has 0 spiro atoms. The summed E-state index contributed by atoms with van der Waals surface area (Å²) in [4.78, 5) is 4.66. The van der Waals surface area contributed by atoms with Crippen LogP contribution >= 0.6 is 0 Å². The van der Waals surface area contributed by atoms with Crippen LogP contribution in [-0.2, 0) is 20.1 Å². The van der Waals surface area contributed by atoms with Crippen LogP contribution in [0.1, 0.15) is 28.2 Å². The number of benzene rings is 5. The molecule has 1 nitrogen and oxygen atoms in total. The number of pyridine rings is 1. The summed E-state index contributed by atoms with van der Waals surface area (Å²) in [5, 5.41) is 0. The van der Waals surface area contributed by atoms with Crippen LogP contribution < -0.4 is 0 Å². The number of fused-ring (bicyclic) bond motifs is 3. The molecule has 0 unspecified atom stereocenters. The van der Waals surface area contributed by atoms with E-state index in [9.17, 15) is 0 Å². The van der Waals surface area contributed by atoms with Crippen molar-refractivity contribution in [2.45, 2.75) is 12.8 Å². The van der Waals surface area contributed by atoms with Gasteiger partial charge in [-0.1, -0.05) is 97.1 Å². The van der Waals surface area contributed by atoms with E-state index < -0.39 is 0 Å². The molecule has 0 bridgehead atoms. The van der Waals surface area contributed by atoms with Gasteiger partial charge in [-0.05, 0) is 74.8 Å². The summed E-state index contributed by atoms with van der Waals surface area (Å²) in [6.45, 7) is 2.07. The van der Waals surface area contributed by atoms with E-state index in [-0.39, 0.29) is 26.0 Å². The standard InChI is InChI=1S/C37H26N.Ir/c1-25-15-20-36(38-24-25)30-13-8-14-31(21-30)37-32-18-16-28(26-9-4-2-5-10-26)22-34(32)35-23-29(17-19-33(35)37)27-11-6-3-7-12-27;/h2-12,14-24,37H,1H3;/q-1;. The van der Waals surface area contributed by atoms with Gasteiger partial charge in [-0.3, -0.25) is 0 Å². The van der Waals surface area contributed by atoms with Crippen molar-refractivity contribution in [3.63, 3.8) is 0 Å². The summed E-state index contributed by atoms with van der Waals surface area (Å²) < 4.78 is 0. The number of hydrogen-bond donors (Lipinski definition) is 0. The van der Waals surface area contributed by atoms with Gasteiger partial charge in [0, 0.05) is 32.2 Å². The van der Waals surface area contributed by atoms with Crippen LogP contribution in [-0.4, -0.2) is 4.98 Å². The Kier molecular flexibility index (Phi) is 6.83. The van der Waals surface area contributed by atoms with E-state index in [1.54, 1.807) is 0 Å².